The summed E-state index contributed by atoms with van der Waals surface area (Å²) in [5.41, 5.74) is 1.80. The zero-order chi connectivity index (χ0) is 21.0. The molecule has 9 heteroatoms. The van der Waals surface area contributed by atoms with E-state index in [1.165, 1.54) is 31.8 Å². The molecule has 1 aromatic rings. The molecule has 1 aromatic heterocycles. The molecule has 5 rings (SSSR count). The van der Waals surface area contributed by atoms with E-state index in [0.717, 1.165) is 43.7 Å². The number of carbonyl (C=O) groups is 1. The van der Waals surface area contributed by atoms with Crippen molar-refractivity contribution < 1.29 is 13.2 Å². The van der Waals surface area contributed by atoms with Gasteiger partial charge in [-0.05, 0) is 57.4 Å². The Morgan fingerprint density at radius 1 is 1.27 bits per heavy atom. The predicted octanol–water partition coefficient (Wildman–Crippen LogP) is 2.99. The number of nitrogens with zero attached hydrogens (tertiary/aromatic N) is 3. The van der Waals surface area contributed by atoms with Gasteiger partial charge < -0.3 is 5.32 Å². The van der Waals surface area contributed by atoms with Crippen molar-refractivity contribution in [3.63, 3.8) is 0 Å². The highest BCUT2D eigenvalue weighted by molar-refractivity contribution is 7.91. The molecule has 4 aliphatic rings. The Hall–Kier alpha value is -1.29. The van der Waals surface area contributed by atoms with Gasteiger partial charge in [0.1, 0.15) is 0 Å². The highest BCUT2D eigenvalue weighted by Crippen LogP contribution is 2.46. The Balaban J connectivity index is 1.49. The van der Waals surface area contributed by atoms with Gasteiger partial charge in [-0.1, -0.05) is 29.4 Å². The zero-order valence-electron chi connectivity index (χ0n) is 17.6. The third-order valence-electron chi connectivity index (χ3n) is 7.19. The molecule has 3 saturated heterocycles. The maximum Gasteiger partial charge on any atom is 0.255 e. The van der Waals surface area contributed by atoms with Gasteiger partial charge in [0.05, 0.1) is 11.7 Å². The second-order valence-corrected chi connectivity index (χ2v) is 12.3. The maximum absolute atomic E-state index is 13.7. The number of piperidine rings is 3. The van der Waals surface area contributed by atoms with Crippen LogP contribution in [0.4, 0.5) is 5.13 Å². The maximum atomic E-state index is 13.7. The standard InChI is InChI=1S/C21H30N4O3S2/c1-13-20(29-21(22-13)23-14(2)26)30(27,28)25-9-5-6-15-10-16-11-17(19(15)25)12-24-8-4-3-7-18(16)24/h10,16-19H,3-9,11-12H2,1-2H3,(H,22,23,26)/t16-,17+,18+,19+/m0/s1. The zero-order valence-corrected chi connectivity index (χ0v) is 19.3. The van der Waals surface area contributed by atoms with E-state index in [0.29, 0.717) is 35.2 Å². The number of carbonyl (C=O) groups excluding carboxylic acids is 1. The molecule has 0 aromatic carbocycles. The number of nitrogens with one attached hydrogen (secondary N) is 1. The SMILES string of the molecule is CC(=O)Nc1nc(C)c(S(=O)(=O)N2CCCC3=C[C@H]4C[C@H](CN5CCCC[C@H]45)[C@@H]32)s1. The van der Waals surface area contributed by atoms with Gasteiger partial charge in [-0.25, -0.2) is 13.4 Å². The number of hydrogen-bond acceptors (Lipinski definition) is 6. The molecule has 7 nitrogen and oxygen atoms in total. The average Bonchev–Trinajstić information content (AvgIpc) is 3.07. The van der Waals surface area contributed by atoms with E-state index in [1.54, 1.807) is 11.2 Å². The van der Waals surface area contributed by atoms with Crippen LogP contribution in [0.3, 0.4) is 0 Å². The highest BCUT2D eigenvalue weighted by atomic mass is 32.2. The lowest BCUT2D eigenvalue weighted by atomic mass is 9.68. The normalized spacial score (nSPS) is 32.1. The van der Waals surface area contributed by atoms with Crippen LogP contribution in [-0.2, 0) is 14.8 Å². The molecule has 0 unspecified atom stereocenters. The first-order valence-electron chi connectivity index (χ1n) is 11.1. The number of amides is 1. The molecule has 1 N–H and O–H groups in total. The van der Waals surface area contributed by atoms with E-state index in [9.17, 15) is 13.2 Å². The van der Waals surface area contributed by atoms with Gasteiger partial charge in [-0.2, -0.15) is 4.31 Å². The van der Waals surface area contributed by atoms with Gasteiger partial charge in [0.15, 0.2) is 9.34 Å². The third-order valence-corrected chi connectivity index (χ3v) is 10.7. The summed E-state index contributed by atoms with van der Waals surface area (Å²) in [6.45, 7) is 5.83. The molecule has 3 fully saturated rings. The van der Waals surface area contributed by atoms with E-state index in [2.05, 4.69) is 21.3 Å². The third kappa shape index (κ3) is 3.43. The Labute approximate surface area is 182 Å². The molecule has 3 aliphatic heterocycles. The van der Waals surface area contributed by atoms with Crippen LogP contribution in [0.25, 0.3) is 0 Å². The number of fused-ring (bicyclic) bond motifs is 6. The quantitative estimate of drug-likeness (QED) is 0.716. The average molecular weight is 451 g/mol. The molecular formula is C21H30N4O3S2. The summed E-state index contributed by atoms with van der Waals surface area (Å²) >= 11 is 1.07. The van der Waals surface area contributed by atoms with Crippen molar-refractivity contribution in [1.82, 2.24) is 14.2 Å². The number of rotatable bonds is 3. The van der Waals surface area contributed by atoms with Crippen LogP contribution in [-0.4, -0.2) is 60.2 Å². The number of aromatic nitrogens is 1. The topological polar surface area (TPSA) is 82.6 Å². The first-order valence-corrected chi connectivity index (χ1v) is 13.3. The van der Waals surface area contributed by atoms with Gasteiger partial charge in [0.25, 0.3) is 10.0 Å². The molecule has 4 heterocycles. The Kier molecular flexibility index (Phi) is 5.28. The van der Waals surface area contributed by atoms with Crippen molar-refractivity contribution in [2.24, 2.45) is 11.8 Å². The van der Waals surface area contributed by atoms with Crippen LogP contribution in [0.1, 0.15) is 51.1 Å². The molecule has 164 valence electrons. The minimum atomic E-state index is -3.67. The molecule has 2 bridgehead atoms. The molecule has 0 saturated carbocycles. The lowest BCUT2D eigenvalue weighted by Gasteiger charge is -2.54. The molecule has 0 radical (unpaired) electrons. The van der Waals surface area contributed by atoms with Crippen LogP contribution in [0.2, 0.25) is 0 Å². The number of sulfonamides is 1. The van der Waals surface area contributed by atoms with Crippen LogP contribution in [0, 0.1) is 18.8 Å². The Bertz CT molecular complexity index is 986. The molecule has 1 amide bonds. The lowest BCUT2D eigenvalue weighted by molar-refractivity contribution is -0.114. The summed E-state index contributed by atoms with van der Waals surface area (Å²) in [5.74, 6) is 0.699. The number of anilines is 1. The summed E-state index contributed by atoms with van der Waals surface area (Å²) in [5, 5.41) is 2.98. The largest absolute Gasteiger partial charge is 0.302 e. The molecule has 0 spiro atoms. The smallest absolute Gasteiger partial charge is 0.255 e. The first-order chi connectivity index (χ1) is 14.3. The van der Waals surface area contributed by atoms with Gasteiger partial charge in [0, 0.05) is 26.1 Å². The van der Waals surface area contributed by atoms with E-state index in [4.69, 9.17) is 0 Å². The lowest BCUT2D eigenvalue weighted by Crippen LogP contribution is -2.59. The fraction of sp³-hybridized carbons (Fsp3) is 0.714. The van der Waals surface area contributed by atoms with Crippen LogP contribution < -0.4 is 5.32 Å². The van der Waals surface area contributed by atoms with E-state index in [-0.39, 0.29) is 16.2 Å². The van der Waals surface area contributed by atoms with E-state index < -0.39 is 10.0 Å². The van der Waals surface area contributed by atoms with Gasteiger partial charge in [0.2, 0.25) is 5.91 Å². The number of thiazole rings is 1. The van der Waals surface area contributed by atoms with Crippen LogP contribution >= 0.6 is 11.3 Å². The minimum Gasteiger partial charge on any atom is -0.302 e. The van der Waals surface area contributed by atoms with Crippen molar-refractivity contribution in [3.8, 4) is 0 Å². The van der Waals surface area contributed by atoms with Crippen molar-refractivity contribution in [3.05, 3.63) is 17.3 Å². The molecule has 1 aliphatic carbocycles. The number of hydrogen-bond donors (Lipinski definition) is 1. The minimum absolute atomic E-state index is 0.0337. The van der Waals surface area contributed by atoms with Crippen molar-refractivity contribution in [2.75, 3.05) is 25.0 Å². The Morgan fingerprint density at radius 3 is 2.90 bits per heavy atom. The predicted molar refractivity (Wildman–Crippen MR) is 117 cm³/mol. The highest BCUT2D eigenvalue weighted by Gasteiger charge is 2.49. The van der Waals surface area contributed by atoms with Crippen LogP contribution in [0.15, 0.2) is 15.9 Å². The van der Waals surface area contributed by atoms with E-state index >= 15 is 0 Å². The monoisotopic (exact) mass is 450 g/mol. The van der Waals surface area contributed by atoms with Crippen LogP contribution in [0.5, 0.6) is 0 Å². The van der Waals surface area contributed by atoms with Crippen molar-refractivity contribution in [2.45, 2.75) is 68.7 Å². The Morgan fingerprint density at radius 2 is 2.10 bits per heavy atom. The summed E-state index contributed by atoms with van der Waals surface area (Å²) in [7, 11) is -3.67. The van der Waals surface area contributed by atoms with Gasteiger partial charge >= 0.3 is 0 Å². The fourth-order valence-electron chi connectivity index (χ4n) is 6.13. The number of aryl methyl sites for hydroxylation is 1. The van der Waals surface area contributed by atoms with Gasteiger partial charge in [-0.3, -0.25) is 9.69 Å². The second-order valence-electron chi connectivity index (χ2n) is 9.20. The summed E-state index contributed by atoms with van der Waals surface area (Å²) in [6, 6.07) is 0.619. The van der Waals surface area contributed by atoms with Crippen molar-refractivity contribution >= 4 is 32.4 Å². The fourth-order valence-corrected chi connectivity index (χ4v) is 9.43. The summed E-state index contributed by atoms with van der Waals surface area (Å²) in [6.07, 6.45) is 9.26. The summed E-state index contributed by atoms with van der Waals surface area (Å²) in [4.78, 5) is 18.3. The summed E-state index contributed by atoms with van der Waals surface area (Å²) < 4.78 is 29.5. The molecule has 30 heavy (non-hydrogen) atoms. The first kappa shape index (κ1) is 20.6. The second kappa shape index (κ2) is 7.69. The van der Waals surface area contributed by atoms with Crippen molar-refractivity contribution in [1.29, 1.82) is 0 Å². The van der Waals surface area contributed by atoms with E-state index in [1.807, 2.05) is 0 Å². The molecular weight excluding hydrogens is 420 g/mol. The molecule has 4 atom stereocenters. The van der Waals surface area contributed by atoms with Gasteiger partial charge in [-0.15, -0.1) is 0 Å².